The zero-order valence-corrected chi connectivity index (χ0v) is 15.1. The Labute approximate surface area is 156 Å². The highest BCUT2D eigenvalue weighted by Gasteiger charge is 2.10. The molecule has 3 N–H and O–H groups in total. The number of hydrogen-bond acceptors (Lipinski definition) is 3. The smallest absolute Gasteiger partial charge is 0.251 e. The molecule has 0 spiro atoms. The number of nitrogens with zero attached hydrogens (tertiary/aromatic N) is 1. The van der Waals surface area contributed by atoms with Crippen LogP contribution in [0.15, 0.2) is 42.5 Å². The highest BCUT2D eigenvalue weighted by Crippen LogP contribution is 2.17. The first-order valence-electron chi connectivity index (χ1n) is 8.38. The summed E-state index contributed by atoms with van der Waals surface area (Å²) in [4.78, 5) is 31.3. The normalized spacial score (nSPS) is 10.7. The van der Waals surface area contributed by atoms with E-state index in [-0.39, 0.29) is 30.1 Å². The van der Waals surface area contributed by atoms with Gasteiger partial charge in [-0.25, -0.2) is 4.98 Å². The zero-order chi connectivity index (χ0) is 18.5. The number of anilines is 1. The van der Waals surface area contributed by atoms with Gasteiger partial charge in [0.15, 0.2) is 0 Å². The molecule has 2 amide bonds. The standard InChI is InChI=1S/C19H19ClN4O2/c1-2-12-5-3-4-6-14(12)22-17(25)9-10-21-18(26)13-7-8-15-16(11-13)24-19(20)23-15/h3-8,11H,2,9-10H2,1H3,(H,21,26)(H,22,25)(H,23,24). The number of fused-ring (bicyclic) bond motifs is 1. The summed E-state index contributed by atoms with van der Waals surface area (Å²) in [5, 5.41) is 5.91. The van der Waals surface area contributed by atoms with Crippen LogP contribution in [0.2, 0.25) is 5.28 Å². The van der Waals surface area contributed by atoms with Crippen LogP contribution in [0.5, 0.6) is 0 Å². The van der Waals surface area contributed by atoms with Gasteiger partial charge in [0.25, 0.3) is 5.91 Å². The molecule has 2 aromatic carbocycles. The summed E-state index contributed by atoms with van der Waals surface area (Å²) in [6.45, 7) is 2.29. The number of halogens is 1. The van der Waals surface area contributed by atoms with Crippen molar-refractivity contribution in [2.24, 2.45) is 0 Å². The van der Waals surface area contributed by atoms with E-state index in [1.807, 2.05) is 31.2 Å². The first kappa shape index (κ1) is 17.9. The number of para-hydroxylation sites is 1. The number of hydrogen-bond donors (Lipinski definition) is 3. The van der Waals surface area contributed by atoms with Crippen LogP contribution in [0, 0.1) is 0 Å². The highest BCUT2D eigenvalue weighted by atomic mass is 35.5. The zero-order valence-electron chi connectivity index (χ0n) is 14.3. The summed E-state index contributed by atoms with van der Waals surface area (Å²) in [6, 6.07) is 12.8. The molecule has 0 fully saturated rings. The first-order valence-corrected chi connectivity index (χ1v) is 8.76. The topological polar surface area (TPSA) is 86.9 Å². The van der Waals surface area contributed by atoms with E-state index >= 15 is 0 Å². The maximum absolute atomic E-state index is 12.2. The van der Waals surface area contributed by atoms with Crippen molar-refractivity contribution < 1.29 is 9.59 Å². The lowest BCUT2D eigenvalue weighted by Crippen LogP contribution is -2.27. The van der Waals surface area contributed by atoms with Crippen molar-refractivity contribution in [2.75, 3.05) is 11.9 Å². The molecule has 134 valence electrons. The molecule has 0 radical (unpaired) electrons. The highest BCUT2D eigenvalue weighted by molar-refractivity contribution is 6.29. The monoisotopic (exact) mass is 370 g/mol. The number of carbonyl (C=O) groups excluding carboxylic acids is 2. The molecule has 1 aromatic heterocycles. The van der Waals surface area contributed by atoms with Crippen molar-refractivity contribution in [3.8, 4) is 0 Å². The SMILES string of the molecule is CCc1ccccc1NC(=O)CCNC(=O)c1ccc2nc(Cl)[nH]c2c1. The fourth-order valence-electron chi connectivity index (χ4n) is 2.67. The van der Waals surface area contributed by atoms with Crippen molar-refractivity contribution in [3.63, 3.8) is 0 Å². The molecule has 7 heteroatoms. The quantitative estimate of drug-likeness (QED) is 0.620. The molecule has 1 heterocycles. The van der Waals surface area contributed by atoms with E-state index in [2.05, 4.69) is 20.6 Å². The fourth-order valence-corrected chi connectivity index (χ4v) is 2.87. The lowest BCUT2D eigenvalue weighted by Gasteiger charge is -2.10. The average Bonchev–Trinajstić information content (AvgIpc) is 3.01. The van der Waals surface area contributed by atoms with E-state index in [4.69, 9.17) is 11.6 Å². The lowest BCUT2D eigenvalue weighted by molar-refractivity contribution is -0.116. The number of H-pyrrole nitrogens is 1. The second-order valence-electron chi connectivity index (χ2n) is 5.82. The van der Waals surface area contributed by atoms with Crippen molar-refractivity contribution in [1.29, 1.82) is 0 Å². The Morgan fingerprint density at radius 2 is 2.00 bits per heavy atom. The lowest BCUT2D eigenvalue weighted by atomic mass is 10.1. The third kappa shape index (κ3) is 4.21. The maximum Gasteiger partial charge on any atom is 0.251 e. The molecule has 0 aliphatic carbocycles. The predicted octanol–water partition coefficient (Wildman–Crippen LogP) is 3.54. The van der Waals surface area contributed by atoms with Gasteiger partial charge in [-0.2, -0.15) is 0 Å². The van der Waals surface area contributed by atoms with Gasteiger partial charge in [-0.05, 0) is 47.9 Å². The second kappa shape index (κ2) is 8.01. The summed E-state index contributed by atoms with van der Waals surface area (Å²) in [7, 11) is 0. The summed E-state index contributed by atoms with van der Waals surface area (Å²) < 4.78 is 0. The summed E-state index contributed by atoms with van der Waals surface area (Å²) in [5.74, 6) is -0.388. The molecule has 0 aliphatic rings. The molecule has 6 nitrogen and oxygen atoms in total. The predicted molar refractivity (Wildman–Crippen MR) is 103 cm³/mol. The molecule has 0 aliphatic heterocycles. The van der Waals surface area contributed by atoms with E-state index in [1.54, 1.807) is 18.2 Å². The minimum Gasteiger partial charge on any atom is -0.352 e. The number of benzene rings is 2. The largest absolute Gasteiger partial charge is 0.352 e. The third-order valence-electron chi connectivity index (χ3n) is 4.03. The fraction of sp³-hybridized carbons (Fsp3) is 0.211. The minimum atomic E-state index is -0.251. The van der Waals surface area contributed by atoms with Gasteiger partial charge in [-0.15, -0.1) is 0 Å². The molecule has 0 bridgehead atoms. The molecule has 0 unspecified atom stereocenters. The second-order valence-corrected chi connectivity index (χ2v) is 6.18. The molecular weight excluding hydrogens is 352 g/mol. The number of amides is 2. The van der Waals surface area contributed by atoms with Gasteiger partial charge in [0.05, 0.1) is 11.0 Å². The number of imidazole rings is 1. The summed E-state index contributed by atoms with van der Waals surface area (Å²) in [5.41, 5.74) is 3.76. The van der Waals surface area contributed by atoms with Gasteiger partial charge in [0.1, 0.15) is 0 Å². The Bertz CT molecular complexity index is 952. The molecule has 0 saturated carbocycles. The van der Waals surface area contributed by atoms with E-state index in [1.165, 1.54) is 0 Å². The molecule has 26 heavy (non-hydrogen) atoms. The van der Waals surface area contributed by atoms with Gasteiger partial charge < -0.3 is 15.6 Å². The number of nitrogens with one attached hydrogen (secondary N) is 3. The van der Waals surface area contributed by atoms with Gasteiger partial charge >= 0.3 is 0 Å². The summed E-state index contributed by atoms with van der Waals surface area (Å²) in [6.07, 6.45) is 1.04. The van der Waals surface area contributed by atoms with Crippen LogP contribution in [0.1, 0.15) is 29.3 Å². The van der Waals surface area contributed by atoms with Gasteiger partial charge in [-0.1, -0.05) is 25.1 Å². The van der Waals surface area contributed by atoms with Crippen LogP contribution >= 0.6 is 11.6 Å². The molecule has 0 atom stereocenters. The number of carbonyl (C=O) groups is 2. The number of aromatic amines is 1. The van der Waals surface area contributed by atoms with Gasteiger partial charge in [-0.3, -0.25) is 9.59 Å². The number of rotatable bonds is 6. The van der Waals surface area contributed by atoms with Crippen LogP contribution in [0.25, 0.3) is 11.0 Å². The number of aromatic nitrogens is 2. The molecule has 3 rings (SSSR count). The maximum atomic E-state index is 12.2. The Kier molecular flexibility index (Phi) is 5.53. The van der Waals surface area contributed by atoms with Crippen LogP contribution in [-0.4, -0.2) is 28.3 Å². The first-order chi connectivity index (χ1) is 12.6. The average molecular weight is 371 g/mol. The minimum absolute atomic E-state index is 0.137. The van der Waals surface area contributed by atoms with E-state index in [0.29, 0.717) is 16.6 Å². The summed E-state index contributed by atoms with van der Waals surface area (Å²) >= 11 is 5.81. The van der Waals surface area contributed by atoms with Gasteiger partial charge in [0, 0.05) is 24.2 Å². The molecular formula is C19H19ClN4O2. The van der Waals surface area contributed by atoms with E-state index in [0.717, 1.165) is 17.7 Å². The third-order valence-corrected chi connectivity index (χ3v) is 4.20. The van der Waals surface area contributed by atoms with Crippen LogP contribution in [0.3, 0.4) is 0 Å². The van der Waals surface area contributed by atoms with Gasteiger partial charge in [0.2, 0.25) is 11.2 Å². The van der Waals surface area contributed by atoms with E-state index < -0.39 is 0 Å². The van der Waals surface area contributed by atoms with Crippen LogP contribution in [0.4, 0.5) is 5.69 Å². The molecule has 0 saturated heterocycles. The van der Waals surface area contributed by atoms with Crippen molar-refractivity contribution in [2.45, 2.75) is 19.8 Å². The van der Waals surface area contributed by atoms with Crippen molar-refractivity contribution in [3.05, 3.63) is 58.9 Å². The molecule has 3 aromatic rings. The van der Waals surface area contributed by atoms with Crippen LogP contribution in [-0.2, 0) is 11.2 Å². The number of aryl methyl sites for hydroxylation is 1. The Balaban J connectivity index is 1.53. The van der Waals surface area contributed by atoms with Crippen molar-refractivity contribution >= 4 is 40.1 Å². The Morgan fingerprint density at radius 1 is 1.19 bits per heavy atom. The Morgan fingerprint density at radius 3 is 2.81 bits per heavy atom. The van der Waals surface area contributed by atoms with E-state index in [9.17, 15) is 9.59 Å². The van der Waals surface area contributed by atoms with Crippen molar-refractivity contribution in [1.82, 2.24) is 15.3 Å². The van der Waals surface area contributed by atoms with Crippen LogP contribution < -0.4 is 10.6 Å². The Hall–Kier alpha value is -2.86.